The fourth-order valence-corrected chi connectivity index (χ4v) is 3.43. The lowest BCUT2D eigenvalue weighted by Gasteiger charge is -2.42. The van der Waals surface area contributed by atoms with Crippen molar-refractivity contribution in [2.45, 2.75) is 38.9 Å². The minimum atomic E-state index is -1.18. The van der Waals surface area contributed by atoms with Gasteiger partial charge in [0.25, 0.3) is 0 Å². The molecule has 138 valence electrons. The van der Waals surface area contributed by atoms with Gasteiger partial charge in [-0.15, -0.1) is 0 Å². The van der Waals surface area contributed by atoms with Crippen molar-refractivity contribution in [3.05, 3.63) is 11.2 Å². The zero-order chi connectivity index (χ0) is 18.8. The summed E-state index contributed by atoms with van der Waals surface area (Å²) in [6.45, 7) is 9.60. The smallest absolute Gasteiger partial charge is 0.228 e. The number of rotatable bonds is 4. The predicted molar refractivity (Wildman–Crippen MR) is 95.6 cm³/mol. The first kappa shape index (κ1) is 19.8. The lowest BCUT2D eigenvalue weighted by Crippen LogP contribution is -2.56. The van der Waals surface area contributed by atoms with Crippen molar-refractivity contribution in [2.24, 2.45) is 5.41 Å². The minimum Gasteiger partial charge on any atom is -0.549 e. The number of amides is 1. The Kier molecular flexibility index (Phi) is 6.16. The molecule has 0 aliphatic carbocycles. The molecular formula is C16H22ClN4O3S-. The van der Waals surface area contributed by atoms with E-state index in [1.807, 2.05) is 37.5 Å². The Bertz CT molecular complexity index is 665. The molecule has 0 spiro atoms. The number of carboxylic acids is 1. The number of carbonyl (C=O) groups is 2. The molecule has 0 N–H and O–H groups in total. The van der Waals surface area contributed by atoms with Gasteiger partial charge in [0, 0.05) is 42.9 Å². The second-order valence-corrected chi connectivity index (χ2v) is 8.37. The van der Waals surface area contributed by atoms with Gasteiger partial charge in [-0.25, -0.2) is 9.97 Å². The molecule has 1 aromatic rings. The fourth-order valence-electron chi connectivity index (χ4n) is 2.63. The first-order valence-electron chi connectivity index (χ1n) is 8.01. The van der Waals surface area contributed by atoms with Gasteiger partial charge in [-0.2, -0.15) is 0 Å². The number of thioether (sulfide) groups is 1. The Labute approximate surface area is 156 Å². The number of hydrogen-bond acceptors (Lipinski definition) is 7. The molecule has 0 aromatic carbocycles. The average molecular weight is 386 g/mol. The van der Waals surface area contributed by atoms with Crippen LogP contribution >= 0.6 is 23.4 Å². The van der Waals surface area contributed by atoms with E-state index in [0.717, 1.165) is 11.8 Å². The van der Waals surface area contributed by atoms with E-state index in [0.29, 0.717) is 30.6 Å². The van der Waals surface area contributed by atoms with Gasteiger partial charge in [-0.1, -0.05) is 44.1 Å². The third kappa shape index (κ3) is 5.22. The molecule has 0 radical (unpaired) electrons. The summed E-state index contributed by atoms with van der Waals surface area (Å²) in [5.41, 5.74) is -0.413. The van der Waals surface area contributed by atoms with Crippen LogP contribution in [-0.2, 0) is 9.59 Å². The third-order valence-electron chi connectivity index (χ3n) is 3.83. The Morgan fingerprint density at radius 3 is 2.60 bits per heavy atom. The Morgan fingerprint density at radius 2 is 2.04 bits per heavy atom. The number of hydrogen-bond donors (Lipinski definition) is 0. The maximum Gasteiger partial charge on any atom is 0.228 e. The van der Waals surface area contributed by atoms with Crippen molar-refractivity contribution in [1.29, 1.82) is 0 Å². The maximum absolute atomic E-state index is 12.5. The van der Waals surface area contributed by atoms with Crippen molar-refractivity contribution < 1.29 is 14.7 Å². The van der Waals surface area contributed by atoms with Crippen LogP contribution in [0.4, 0.5) is 5.82 Å². The molecule has 1 aliphatic heterocycles. The second kappa shape index (κ2) is 7.78. The molecule has 2 rings (SSSR count). The minimum absolute atomic E-state index is 0.0357. The van der Waals surface area contributed by atoms with Gasteiger partial charge < -0.3 is 19.7 Å². The quantitative estimate of drug-likeness (QED) is 0.434. The molecule has 9 heteroatoms. The highest BCUT2D eigenvalue weighted by Gasteiger charge is 2.34. The number of carbonyl (C=O) groups excluding carboxylic acids is 2. The standard InChI is InChI=1S/C16H23ClN4O3S/c1-10-8-20(5-6-21(10)14(24)16(2,3)4)12-7-11(17)18-15(19-12)25-9-13(22)23/h7,10H,5-6,8-9H2,1-4H3,(H,22,23)/p-1/t10-/m0/s1. The molecule has 1 aromatic heterocycles. The molecule has 1 amide bonds. The zero-order valence-corrected chi connectivity index (χ0v) is 16.4. The van der Waals surface area contributed by atoms with Gasteiger partial charge in [0.2, 0.25) is 5.91 Å². The highest BCUT2D eigenvalue weighted by Crippen LogP contribution is 2.26. The molecule has 0 bridgehead atoms. The normalized spacial score (nSPS) is 18.4. The number of aromatic nitrogens is 2. The van der Waals surface area contributed by atoms with E-state index in [-0.39, 0.29) is 22.9 Å². The summed E-state index contributed by atoms with van der Waals surface area (Å²) < 4.78 is 0. The van der Waals surface area contributed by atoms with Crippen LogP contribution in [0, 0.1) is 5.41 Å². The van der Waals surface area contributed by atoms with Gasteiger partial charge in [-0.3, -0.25) is 4.79 Å². The summed E-state index contributed by atoms with van der Waals surface area (Å²) in [6.07, 6.45) is 0. The lowest BCUT2D eigenvalue weighted by molar-refractivity contribution is -0.301. The number of piperazine rings is 1. The van der Waals surface area contributed by atoms with Gasteiger partial charge in [0.15, 0.2) is 5.16 Å². The molecule has 0 saturated carbocycles. The van der Waals surface area contributed by atoms with Crippen LogP contribution in [0.5, 0.6) is 0 Å². The van der Waals surface area contributed by atoms with E-state index >= 15 is 0 Å². The lowest BCUT2D eigenvalue weighted by atomic mass is 9.93. The van der Waals surface area contributed by atoms with E-state index < -0.39 is 11.4 Å². The topological polar surface area (TPSA) is 89.5 Å². The van der Waals surface area contributed by atoms with Crippen LogP contribution in [-0.4, -0.2) is 58.2 Å². The van der Waals surface area contributed by atoms with Crippen LogP contribution in [0.15, 0.2) is 11.2 Å². The monoisotopic (exact) mass is 385 g/mol. The van der Waals surface area contributed by atoms with Crippen LogP contribution < -0.4 is 10.0 Å². The van der Waals surface area contributed by atoms with Crippen molar-refractivity contribution >= 4 is 41.1 Å². The molecule has 25 heavy (non-hydrogen) atoms. The molecule has 0 unspecified atom stereocenters. The molecule has 1 fully saturated rings. The SMILES string of the molecule is C[C@H]1CN(c2cc(Cl)nc(SCC(=O)[O-])n2)CCN1C(=O)C(C)(C)C. The van der Waals surface area contributed by atoms with Crippen LogP contribution in [0.25, 0.3) is 0 Å². The highest BCUT2D eigenvalue weighted by molar-refractivity contribution is 7.99. The number of carboxylic acid groups (broad SMARTS) is 1. The van der Waals surface area contributed by atoms with E-state index in [4.69, 9.17) is 11.6 Å². The summed E-state index contributed by atoms with van der Waals surface area (Å²) in [5, 5.41) is 11.2. The van der Waals surface area contributed by atoms with Crippen LogP contribution in [0.3, 0.4) is 0 Å². The van der Waals surface area contributed by atoms with E-state index in [1.165, 1.54) is 0 Å². The number of halogens is 1. The number of anilines is 1. The third-order valence-corrected chi connectivity index (χ3v) is 4.85. The molecule has 1 aliphatic rings. The fraction of sp³-hybridized carbons (Fsp3) is 0.625. The van der Waals surface area contributed by atoms with E-state index in [9.17, 15) is 14.7 Å². The average Bonchev–Trinajstić information content (AvgIpc) is 2.50. The Balaban J connectivity index is 2.11. The van der Waals surface area contributed by atoms with Crippen molar-refractivity contribution in [2.75, 3.05) is 30.3 Å². The first-order valence-corrected chi connectivity index (χ1v) is 9.37. The van der Waals surface area contributed by atoms with Crippen molar-refractivity contribution in [3.63, 3.8) is 0 Å². The molecule has 1 atom stereocenters. The highest BCUT2D eigenvalue weighted by atomic mass is 35.5. The molecule has 1 saturated heterocycles. The second-order valence-electron chi connectivity index (χ2n) is 7.04. The van der Waals surface area contributed by atoms with E-state index in [1.54, 1.807) is 6.07 Å². The number of aliphatic carboxylic acids is 1. The van der Waals surface area contributed by atoms with Gasteiger partial charge >= 0.3 is 0 Å². The molecular weight excluding hydrogens is 364 g/mol. The van der Waals surface area contributed by atoms with Crippen molar-refractivity contribution in [3.8, 4) is 0 Å². The summed E-state index contributed by atoms with van der Waals surface area (Å²) in [4.78, 5) is 35.5. The molecule has 7 nitrogen and oxygen atoms in total. The predicted octanol–water partition coefficient (Wildman–Crippen LogP) is 1.06. The Hall–Kier alpha value is -1.54. The van der Waals surface area contributed by atoms with Crippen LogP contribution in [0.1, 0.15) is 27.7 Å². The van der Waals surface area contributed by atoms with Gasteiger partial charge in [0.05, 0.1) is 5.97 Å². The summed E-state index contributed by atoms with van der Waals surface area (Å²) in [5.74, 6) is -0.650. The first-order chi connectivity index (χ1) is 11.6. The van der Waals surface area contributed by atoms with Gasteiger partial charge in [0.1, 0.15) is 11.0 Å². The zero-order valence-electron chi connectivity index (χ0n) is 14.8. The Morgan fingerprint density at radius 1 is 1.36 bits per heavy atom. The van der Waals surface area contributed by atoms with Crippen molar-refractivity contribution in [1.82, 2.24) is 14.9 Å². The summed E-state index contributed by atoms with van der Waals surface area (Å²) >= 11 is 7.01. The molecule has 2 heterocycles. The summed E-state index contributed by atoms with van der Waals surface area (Å²) in [6, 6.07) is 1.69. The largest absolute Gasteiger partial charge is 0.549 e. The van der Waals surface area contributed by atoms with E-state index in [2.05, 4.69) is 9.97 Å². The summed E-state index contributed by atoms with van der Waals surface area (Å²) in [7, 11) is 0. The number of nitrogens with zero attached hydrogens (tertiary/aromatic N) is 4. The van der Waals surface area contributed by atoms with Crippen LogP contribution in [0.2, 0.25) is 5.15 Å². The van der Waals surface area contributed by atoms with Gasteiger partial charge in [-0.05, 0) is 6.92 Å². The maximum atomic E-state index is 12.5.